The number of aromatic nitrogens is 3. The van der Waals surface area contributed by atoms with E-state index in [-0.39, 0.29) is 11.2 Å². The fourth-order valence-electron chi connectivity index (χ4n) is 6.15. The minimum Gasteiger partial charge on any atom is -0.385 e. The molecule has 2 aromatic heterocycles. The van der Waals surface area contributed by atoms with Crippen molar-refractivity contribution in [3.05, 3.63) is 42.2 Å². The molecule has 3 aromatic rings. The summed E-state index contributed by atoms with van der Waals surface area (Å²) in [6.07, 6.45) is 14.4. The normalized spacial score (nSPS) is 18.1. The van der Waals surface area contributed by atoms with Crippen molar-refractivity contribution in [2.75, 3.05) is 18.5 Å². The van der Waals surface area contributed by atoms with Crippen molar-refractivity contribution in [3.63, 3.8) is 0 Å². The van der Waals surface area contributed by atoms with Gasteiger partial charge in [-0.15, -0.1) is 0 Å². The van der Waals surface area contributed by atoms with Crippen molar-refractivity contribution < 1.29 is 9.53 Å². The topological polar surface area (TPSA) is 69.0 Å². The Hall–Kier alpha value is -2.51. The maximum absolute atomic E-state index is 14.0. The highest BCUT2D eigenvalue weighted by atomic mass is 28.3. The summed E-state index contributed by atoms with van der Waals surface area (Å²) in [5.41, 5.74) is 4.70. The molecule has 2 aliphatic carbocycles. The number of anilines is 1. The van der Waals surface area contributed by atoms with E-state index >= 15 is 0 Å². The molecule has 0 amide bonds. The third kappa shape index (κ3) is 6.80. The molecule has 6 nitrogen and oxygen atoms in total. The molecule has 0 spiro atoms. The van der Waals surface area contributed by atoms with Crippen molar-refractivity contribution >= 4 is 30.7 Å². The van der Waals surface area contributed by atoms with E-state index < -0.39 is 8.07 Å². The summed E-state index contributed by atoms with van der Waals surface area (Å²) in [7, 11) is -1.18. The van der Waals surface area contributed by atoms with E-state index in [1.54, 1.807) is 0 Å². The molecule has 7 heteroatoms. The van der Waals surface area contributed by atoms with Crippen LogP contribution in [-0.4, -0.2) is 41.5 Å². The van der Waals surface area contributed by atoms with Gasteiger partial charge in [-0.05, 0) is 49.8 Å². The van der Waals surface area contributed by atoms with Crippen LogP contribution in [0.1, 0.15) is 75.1 Å². The Labute approximate surface area is 235 Å². The fraction of sp³-hybridized carbons (Fsp3) is 0.594. The van der Waals surface area contributed by atoms with Crippen LogP contribution in [0.5, 0.6) is 0 Å². The first-order valence-corrected chi connectivity index (χ1v) is 18.8. The first-order valence-electron chi connectivity index (χ1n) is 15.0. The number of carbonyl (C=O) groups excluding carboxylic acids is 1. The predicted octanol–water partition coefficient (Wildman–Crippen LogP) is 8.17. The molecular weight excluding hydrogens is 500 g/mol. The fourth-order valence-corrected chi connectivity index (χ4v) is 6.90. The summed E-state index contributed by atoms with van der Waals surface area (Å²) in [5, 5.41) is 3.63. The minimum atomic E-state index is -1.18. The van der Waals surface area contributed by atoms with Crippen molar-refractivity contribution in [2.45, 2.75) is 97.1 Å². The lowest BCUT2D eigenvalue weighted by molar-refractivity contribution is 0.0747. The van der Waals surface area contributed by atoms with Crippen molar-refractivity contribution in [2.24, 2.45) is 11.3 Å². The molecular formula is C32H46N4O2Si. The van der Waals surface area contributed by atoms with Crippen molar-refractivity contribution in [1.29, 1.82) is 0 Å². The largest absolute Gasteiger partial charge is 0.385 e. The second kappa shape index (κ2) is 11.9. The number of ether oxygens (including phenoxy) is 1. The van der Waals surface area contributed by atoms with Crippen LogP contribution in [0, 0.1) is 11.3 Å². The van der Waals surface area contributed by atoms with E-state index in [0.717, 1.165) is 73.4 Å². The van der Waals surface area contributed by atoms with E-state index in [0.29, 0.717) is 17.8 Å². The van der Waals surface area contributed by atoms with Crippen LogP contribution in [0.15, 0.2) is 36.7 Å². The van der Waals surface area contributed by atoms with Crippen LogP contribution >= 0.6 is 0 Å². The van der Waals surface area contributed by atoms with E-state index in [9.17, 15) is 4.79 Å². The summed E-state index contributed by atoms with van der Waals surface area (Å²) >= 11 is 0. The van der Waals surface area contributed by atoms with Crippen LogP contribution in [0.3, 0.4) is 0 Å². The van der Waals surface area contributed by atoms with E-state index in [4.69, 9.17) is 14.7 Å². The van der Waals surface area contributed by atoms with E-state index in [1.165, 1.54) is 32.1 Å². The zero-order valence-corrected chi connectivity index (χ0v) is 25.4. The molecule has 2 fully saturated rings. The maximum Gasteiger partial charge on any atom is 0.172 e. The summed E-state index contributed by atoms with van der Waals surface area (Å²) in [4.78, 5) is 23.9. The zero-order chi connectivity index (χ0) is 27.5. The second-order valence-corrected chi connectivity index (χ2v) is 19.0. The number of ketones is 1. The summed E-state index contributed by atoms with van der Waals surface area (Å²) < 4.78 is 8.06. The number of rotatable bonds is 11. The lowest BCUT2D eigenvalue weighted by Gasteiger charge is -2.31. The van der Waals surface area contributed by atoms with Gasteiger partial charge in [0.15, 0.2) is 11.4 Å². The Kier molecular flexibility index (Phi) is 8.57. The van der Waals surface area contributed by atoms with Gasteiger partial charge in [0.25, 0.3) is 0 Å². The SMILES string of the molecule is CC1(C(=O)c2cn(COCC[Si](C)(C)C)c3ncc(-c4cccc(NCC5CCCC5)c4)nc23)CCCCC1. The molecule has 5 rings (SSSR count). The van der Waals surface area contributed by atoms with Gasteiger partial charge in [0.2, 0.25) is 0 Å². The number of fused-ring (bicyclic) bond motifs is 1. The molecule has 0 bridgehead atoms. The molecule has 0 atom stereocenters. The smallest absolute Gasteiger partial charge is 0.172 e. The number of benzene rings is 1. The third-order valence-electron chi connectivity index (χ3n) is 8.77. The molecule has 0 radical (unpaired) electrons. The lowest BCUT2D eigenvalue weighted by Crippen LogP contribution is -2.30. The lowest BCUT2D eigenvalue weighted by atomic mass is 9.71. The first kappa shape index (κ1) is 28.0. The van der Waals surface area contributed by atoms with E-state index in [1.807, 2.05) is 17.0 Å². The van der Waals surface area contributed by atoms with Gasteiger partial charge >= 0.3 is 0 Å². The predicted molar refractivity (Wildman–Crippen MR) is 163 cm³/mol. The molecule has 0 aliphatic heterocycles. The van der Waals surface area contributed by atoms with Gasteiger partial charge in [-0.2, -0.15) is 0 Å². The maximum atomic E-state index is 14.0. The van der Waals surface area contributed by atoms with Crippen LogP contribution in [0.25, 0.3) is 22.4 Å². The van der Waals surface area contributed by atoms with E-state index in [2.05, 4.69) is 56.1 Å². The number of carbonyl (C=O) groups is 1. The molecule has 210 valence electrons. The molecule has 2 saturated carbocycles. The molecule has 39 heavy (non-hydrogen) atoms. The van der Waals surface area contributed by atoms with Crippen LogP contribution in [0.4, 0.5) is 5.69 Å². The third-order valence-corrected chi connectivity index (χ3v) is 10.5. The molecule has 1 N–H and O–H groups in total. The van der Waals surface area contributed by atoms with Crippen LogP contribution in [-0.2, 0) is 11.5 Å². The van der Waals surface area contributed by atoms with Crippen molar-refractivity contribution in [1.82, 2.24) is 14.5 Å². The van der Waals surface area contributed by atoms with Gasteiger partial charge < -0.3 is 14.6 Å². The Morgan fingerprint density at radius 3 is 2.64 bits per heavy atom. The van der Waals surface area contributed by atoms with Crippen LogP contribution in [0.2, 0.25) is 25.7 Å². The van der Waals surface area contributed by atoms with Gasteiger partial charge in [0.05, 0.1) is 17.5 Å². The number of nitrogens with one attached hydrogen (secondary N) is 1. The highest BCUT2D eigenvalue weighted by Gasteiger charge is 2.37. The van der Waals surface area contributed by atoms with Gasteiger partial charge in [0.1, 0.15) is 12.2 Å². The standard InChI is InChI=1S/C32H46N4O2Si/c1-32(15-8-5-9-16-32)30(37)27-22-36(23-38-17-18-39(2,3)4)31-29(27)35-28(21-34-31)25-13-10-14-26(19-25)33-20-24-11-6-7-12-24/h10,13-14,19,21-22,24,33H,5-9,11-12,15-18,20,23H2,1-4H3. The second-order valence-electron chi connectivity index (χ2n) is 13.4. The quantitative estimate of drug-likeness (QED) is 0.149. The molecule has 2 aliphatic rings. The molecule has 2 heterocycles. The Morgan fingerprint density at radius 2 is 1.90 bits per heavy atom. The van der Waals surface area contributed by atoms with Gasteiger partial charge in [-0.25, -0.2) is 9.97 Å². The molecule has 1 aromatic carbocycles. The van der Waals surface area contributed by atoms with Gasteiger partial charge in [-0.3, -0.25) is 4.79 Å². The first-order chi connectivity index (χ1) is 18.7. The zero-order valence-electron chi connectivity index (χ0n) is 24.4. The average molecular weight is 547 g/mol. The van der Waals surface area contributed by atoms with Crippen LogP contribution < -0.4 is 5.32 Å². The average Bonchev–Trinajstić information content (AvgIpc) is 3.57. The molecule has 0 saturated heterocycles. The summed E-state index contributed by atoms with van der Waals surface area (Å²) in [6.45, 7) is 11.3. The van der Waals surface area contributed by atoms with Crippen molar-refractivity contribution in [3.8, 4) is 11.3 Å². The molecule has 0 unspecified atom stereocenters. The highest BCUT2D eigenvalue weighted by Crippen LogP contribution is 2.40. The van der Waals surface area contributed by atoms with Gasteiger partial charge in [0, 0.05) is 44.1 Å². The monoisotopic (exact) mass is 546 g/mol. The number of Topliss-reactive ketones (excluding diaryl/α,β-unsaturated/α-hetero) is 1. The minimum absolute atomic E-state index is 0.200. The summed E-state index contributed by atoms with van der Waals surface area (Å²) in [6, 6.07) is 9.54. The Morgan fingerprint density at radius 1 is 1.13 bits per heavy atom. The van der Waals surface area contributed by atoms with Gasteiger partial charge in [-0.1, -0.05) is 70.8 Å². The Balaban J connectivity index is 1.44. The number of nitrogens with zero attached hydrogens (tertiary/aromatic N) is 3. The summed E-state index contributed by atoms with van der Waals surface area (Å²) in [5.74, 6) is 0.971. The number of hydrogen-bond donors (Lipinski definition) is 1. The highest BCUT2D eigenvalue weighted by molar-refractivity contribution is 6.76. The number of hydrogen-bond acceptors (Lipinski definition) is 5. The Bertz CT molecular complexity index is 1280.